The fourth-order valence-electron chi connectivity index (χ4n) is 0.701. The van der Waals surface area contributed by atoms with Gasteiger partial charge in [-0.1, -0.05) is 0 Å². The minimum Gasteiger partial charge on any atom is -0.346 e. The standard InChI is InChI=1S/C8H18N2O/c1-5-10(4)7(11)6-8(2,3)9/h5-6,9H2,1-4H3. The summed E-state index contributed by atoms with van der Waals surface area (Å²) in [6.45, 7) is 6.40. The second-order valence-corrected chi connectivity index (χ2v) is 3.57. The Hall–Kier alpha value is -0.570. The highest BCUT2D eigenvalue weighted by atomic mass is 16.2. The first-order chi connectivity index (χ1) is 4.87. The molecule has 0 bridgehead atoms. The van der Waals surface area contributed by atoms with Gasteiger partial charge >= 0.3 is 0 Å². The summed E-state index contributed by atoms with van der Waals surface area (Å²) in [5.74, 6) is 0.111. The Morgan fingerprint density at radius 1 is 1.55 bits per heavy atom. The molecule has 0 radical (unpaired) electrons. The van der Waals surface area contributed by atoms with E-state index >= 15 is 0 Å². The van der Waals surface area contributed by atoms with Gasteiger partial charge in [0.05, 0.1) is 0 Å². The summed E-state index contributed by atoms with van der Waals surface area (Å²) in [5, 5.41) is 0. The molecule has 3 nitrogen and oxygen atoms in total. The van der Waals surface area contributed by atoms with Gasteiger partial charge in [0.1, 0.15) is 0 Å². The molecule has 0 spiro atoms. The summed E-state index contributed by atoms with van der Waals surface area (Å²) in [7, 11) is 1.79. The maximum Gasteiger partial charge on any atom is 0.224 e. The minimum atomic E-state index is -0.388. The van der Waals surface area contributed by atoms with Crippen LogP contribution in [0.1, 0.15) is 27.2 Å². The maximum atomic E-state index is 11.2. The van der Waals surface area contributed by atoms with Crippen molar-refractivity contribution < 1.29 is 4.79 Å². The lowest BCUT2D eigenvalue weighted by molar-refractivity contribution is -0.130. The second kappa shape index (κ2) is 3.72. The van der Waals surface area contributed by atoms with Gasteiger partial charge in [0, 0.05) is 25.6 Å². The van der Waals surface area contributed by atoms with Gasteiger partial charge < -0.3 is 10.6 Å². The van der Waals surface area contributed by atoms with Gasteiger partial charge in [-0.25, -0.2) is 0 Å². The topological polar surface area (TPSA) is 46.3 Å². The molecule has 0 saturated heterocycles. The molecule has 0 aromatic heterocycles. The van der Waals surface area contributed by atoms with Crippen molar-refractivity contribution in [3.63, 3.8) is 0 Å². The van der Waals surface area contributed by atoms with E-state index < -0.39 is 0 Å². The highest BCUT2D eigenvalue weighted by molar-refractivity contribution is 5.76. The van der Waals surface area contributed by atoms with Gasteiger partial charge in [-0.3, -0.25) is 4.79 Å². The molecule has 11 heavy (non-hydrogen) atoms. The summed E-state index contributed by atoms with van der Waals surface area (Å²) in [6, 6.07) is 0. The van der Waals surface area contributed by atoms with E-state index in [1.165, 1.54) is 0 Å². The number of rotatable bonds is 3. The minimum absolute atomic E-state index is 0.111. The Balaban J connectivity index is 3.88. The highest BCUT2D eigenvalue weighted by Crippen LogP contribution is 2.05. The van der Waals surface area contributed by atoms with Gasteiger partial charge in [-0.15, -0.1) is 0 Å². The molecule has 0 aromatic rings. The number of nitrogens with two attached hydrogens (primary N) is 1. The summed E-state index contributed by atoms with van der Waals surface area (Å²) >= 11 is 0. The van der Waals surface area contributed by atoms with E-state index in [1.54, 1.807) is 11.9 Å². The molecule has 0 saturated carbocycles. The van der Waals surface area contributed by atoms with Gasteiger partial charge in [-0.05, 0) is 20.8 Å². The lowest BCUT2D eigenvalue weighted by atomic mass is 10.0. The van der Waals surface area contributed by atoms with Crippen molar-refractivity contribution in [2.75, 3.05) is 13.6 Å². The Morgan fingerprint density at radius 3 is 2.27 bits per heavy atom. The van der Waals surface area contributed by atoms with Crippen molar-refractivity contribution in [3.05, 3.63) is 0 Å². The van der Waals surface area contributed by atoms with Gasteiger partial charge in [-0.2, -0.15) is 0 Å². The Morgan fingerprint density at radius 2 is 2.00 bits per heavy atom. The van der Waals surface area contributed by atoms with Crippen LogP contribution in [0.4, 0.5) is 0 Å². The first-order valence-corrected chi connectivity index (χ1v) is 3.89. The first-order valence-electron chi connectivity index (χ1n) is 3.89. The molecule has 1 amide bonds. The summed E-state index contributed by atoms with van der Waals surface area (Å²) in [6.07, 6.45) is 0.414. The third-order valence-electron chi connectivity index (χ3n) is 1.51. The summed E-state index contributed by atoms with van der Waals surface area (Å²) in [4.78, 5) is 12.9. The zero-order valence-electron chi connectivity index (χ0n) is 7.85. The number of amides is 1. The van der Waals surface area contributed by atoms with Crippen molar-refractivity contribution in [3.8, 4) is 0 Å². The van der Waals surface area contributed by atoms with E-state index in [0.717, 1.165) is 6.54 Å². The zero-order chi connectivity index (χ0) is 9.07. The van der Waals surface area contributed by atoms with Crippen molar-refractivity contribution in [2.24, 2.45) is 5.73 Å². The Bertz CT molecular complexity index is 138. The van der Waals surface area contributed by atoms with Crippen LogP contribution >= 0.6 is 0 Å². The van der Waals surface area contributed by atoms with Crippen LogP contribution < -0.4 is 5.73 Å². The predicted molar refractivity (Wildman–Crippen MR) is 46.2 cm³/mol. The van der Waals surface area contributed by atoms with Gasteiger partial charge in [0.2, 0.25) is 5.91 Å². The van der Waals surface area contributed by atoms with Crippen LogP contribution in [0.15, 0.2) is 0 Å². The average molecular weight is 158 g/mol. The Labute approximate surface area is 68.6 Å². The first kappa shape index (κ1) is 10.4. The van der Waals surface area contributed by atoms with Crippen LogP contribution in [-0.4, -0.2) is 29.9 Å². The molecule has 0 fully saturated rings. The quantitative estimate of drug-likeness (QED) is 0.653. The third kappa shape index (κ3) is 4.79. The second-order valence-electron chi connectivity index (χ2n) is 3.57. The van der Waals surface area contributed by atoms with E-state index in [2.05, 4.69) is 0 Å². The summed E-state index contributed by atoms with van der Waals surface area (Å²) < 4.78 is 0. The molecule has 0 aliphatic rings. The van der Waals surface area contributed by atoms with Crippen molar-refractivity contribution in [2.45, 2.75) is 32.7 Å². The molecule has 0 aromatic carbocycles. The molecule has 0 aliphatic carbocycles. The average Bonchev–Trinajstić information content (AvgIpc) is 1.82. The number of hydrogen-bond donors (Lipinski definition) is 1. The predicted octanol–water partition coefficient (Wildman–Crippen LogP) is 0.592. The monoisotopic (exact) mass is 158 g/mol. The molecule has 2 N–H and O–H groups in total. The normalized spacial score (nSPS) is 11.4. The molecule has 0 atom stereocenters. The number of carbonyl (C=O) groups excluding carboxylic acids is 1. The lowest BCUT2D eigenvalue weighted by Gasteiger charge is -2.21. The molecule has 66 valence electrons. The third-order valence-corrected chi connectivity index (χ3v) is 1.51. The lowest BCUT2D eigenvalue weighted by Crippen LogP contribution is -2.39. The molecule has 0 aliphatic heterocycles. The van der Waals surface area contributed by atoms with E-state index in [9.17, 15) is 4.79 Å². The van der Waals surface area contributed by atoms with Crippen LogP contribution in [0.25, 0.3) is 0 Å². The van der Waals surface area contributed by atoms with Crippen LogP contribution in [0, 0.1) is 0 Å². The number of carbonyl (C=O) groups is 1. The fourth-order valence-corrected chi connectivity index (χ4v) is 0.701. The molecule has 0 heterocycles. The summed E-state index contributed by atoms with van der Waals surface area (Å²) in [5.41, 5.74) is 5.29. The molecular weight excluding hydrogens is 140 g/mol. The molecule has 3 heteroatoms. The SMILES string of the molecule is CCN(C)C(=O)CC(C)(C)N. The molecular formula is C8H18N2O. The van der Waals surface area contributed by atoms with Crippen molar-refractivity contribution in [1.82, 2.24) is 4.90 Å². The largest absolute Gasteiger partial charge is 0.346 e. The van der Waals surface area contributed by atoms with E-state index in [0.29, 0.717) is 6.42 Å². The zero-order valence-corrected chi connectivity index (χ0v) is 7.85. The smallest absolute Gasteiger partial charge is 0.224 e. The van der Waals surface area contributed by atoms with Crippen LogP contribution in [0.3, 0.4) is 0 Å². The van der Waals surface area contributed by atoms with Crippen LogP contribution in [-0.2, 0) is 4.79 Å². The number of hydrogen-bond acceptors (Lipinski definition) is 2. The van der Waals surface area contributed by atoms with Gasteiger partial charge in [0.25, 0.3) is 0 Å². The van der Waals surface area contributed by atoms with E-state index in [-0.39, 0.29) is 11.4 Å². The fraction of sp³-hybridized carbons (Fsp3) is 0.875. The van der Waals surface area contributed by atoms with E-state index in [4.69, 9.17) is 5.73 Å². The van der Waals surface area contributed by atoms with Gasteiger partial charge in [0.15, 0.2) is 0 Å². The maximum absolute atomic E-state index is 11.2. The number of nitrogens with zero attached hydrogens (tertiary/aromatic N) is 1. The highest BCUT2D eigenvalue weighted by Gasteiger charge is 2.17. The molecule has 0 unspecified atom stereocenters. The van der Waals surface area contributed by atoms with Crippen LogP contribution in [0.2, 0.25) is 0 Å². The molecule has 0 rings (SSSR count). The van der Waals surface area contributed by atoms with Crippen molar-refractivity contribution >= 4 is 5.91 Å². The van der Waals surface area contributed by atoms with Crippen LogP contribution in [0.5, 0.6) is 0 Å². The Kier molecular flexibility index (Phi) is 3.52. The van der Waals surface area contributed by atoms with Crippen molar-refractivity contribution in [1.29, 1.82) is 0 Å². The van der Waals surface area contributed by atoms with E-state index in [1.807, 2.05) is 20.8 Å².